The fourth-order valence-corrected chi connectivity index (χ4v) is 5.01. The molecule has 1 N–H and O–H groups in total. The summed E-state index contributed by atoms with van der Waals surface area (Å²) in [5.41, 5.74) is 3.65. The Hall–Kier alpha value is -2.66. The molecule has 0 amide bonds. The lowest BCUT2D eigenvalue weighted by Crippen LogP contribution is -2.40. The van der Waals surface area contributed by atoms with Crippen molar-refractivity contribution in [3.8, 4) is 0 Å². The first-order valence-electron chi connectivity index (χ1n) is 11.8. The van der Waals surface area contributed by atoms with Crippen LogP contribution in [0.4, 0.5) is 4.39 Å². The maximum Gasteiger partial charge on any atom is 0.311 e. The number of ether oxygens (including phenoxy) is 1. The smallest absolute Gasteiger partial charge is 0.311 e. The third-order valence-electron chi connectivity index (χ3n) is 7.56. The van der Waals surface area contributed by atoms with Gasteiger partial charge in [-0.2, -0.15) is 0 Å². The summed E-state index contributed by atoms with van der Waals surface area (Å²) in [6, 6.07) is 4.86. The highest BCUT2D eigenvalue weighted by Gasteiger charge is 2.65. The van der Waals surface area contributed by atoms with Crippen molar-refractivity contribution in [2.45, 2.75) is 47.1 Å². The summed E-state index contributed by atoms with van der Waals surface area (Å²) in [4.78, 5) is 14.2. The first-order valence-corrected chi connectivity index (χ1v) is 11.8. The molecule has 2 aliphatic heterocycles. The number of carboxylic acid groups (broad SMARTS) is 1. The van der Waals surface area contributed by atoms with Gasteiger partial charge in [0.15, 0.2) is 0 Å². The molecular weight excluding hydrogens is 417 g/mol. The van der Waals surface area contributed by atoms with Crippen molar-refractivity contribution < 1.29 is 19.0 Å². The van der Waals surface area contributed by atoms with E-state index in [0.717, 1.165) is 42.6 Å². The van der Waals surface area contributed by atoms with Crippen LogP contribution in [0.5, 0.6) is 0 Å². The summed E-state index contributed by atoms with van der Waals surface area (Å²) in [5.74, 6) is 0.200. The molecule has 4 nitrogen and oxygen atoms in total. The zero-order valence-electron chi connectivity index (χ0n) is 20.2. The molecule has 33 heavy (non-hydrogen) atoms. The third-order valence-corrected chi connectivity index (χ3v) is 7.56. The number of allylic oxidation sites excluding steroid dienone is 5. The maximum absolute atomic E-state index is 13.8. The van der Waals surface area contributed by atoms with E-state index in [0.29, 0.717) is 18.9 Å². The van der Waals surface area contributed by atoms with Crippen LogP contribution in [0.3, 0.4) is 0 Å². The van der Waals surface area contributed by atoms with Gasteiger partial charge in [0.1, 0.15) is 18.2 Å². The number of likely N-dealkylation sites (tertiary alicyclic amines) is 1. The van der Waals surface area contributed by atoms with Gasteiger partial charge in [-0.05, 0) is 79.5 Å². The number of carbonyl (C=O) groups is 1. The van der Waals surface area contributed by atoms with E-state index in [2.05, 4.69) is 11.5 Å². The predicted octanol–water partition coefficient (Wildman–Crippen LogP) is 6.21. The number of nitrogens with zero attached hydrogens (tertiary/aromatic N) is 1. The van der Waals surface area contributed by atoms with Crippen LogP contribution in [0.25, 0.3) is 5.57 Å². The van der Waals surface area contributed by atoms with Crippen LogP contribution in [-0.2, 0) is 16.1 Å². The van der Waals surface area contributed by atoms with E-state index in [9.17, 15) is 14.3 Å². The number of halogens is 1. The van der Waals surface area contributed by atoms with Gasteiger partial charge in [-0.1, -0.05) is 44.2 Å². The van der Waals surface area contributed by atoms with Crippen LogP contribution >= 0.6 is 0 Å². The number of carboxylic acids is 1. The number of piperidine rings is 1. The highest BCUT2D eigenvalue weighted by Crippen LogP contribution is 2.59. The topological polar surface area (TPSA) is 49.8 Å². The van der Waals surface area contributed by atoms with Gasteiger partial charge >= 0.3 is 5.97 Å². The Labute approximate surface area is 197 Å². The molecule has 3 aliphatic rings. The predicted molar refractivity (Wildman–Crippen MR) is 131 cm³/mol. The largest absolute Gasteiger partial charge is 0.489 e. The van der Waals surface area contributed by atoms with E-state index in [1.54, 1.807) is 6.08 Å². The molecule has 1 aromatic rings. The molecule has 178 valence electrons. The zero-order valence-corrected chi connectivity index (χ0v) is 20.2. The lowest BCUT2D eigenvalue weighted by atomic mass is 9.90. The summed E-state index contributed by atoms with van der Waals surface area (Å²) >= 11 is 0. The molecule has 1 aromatic carbocycles. The second-order valence-electron chi connectivity index (χ2n) is 9.22. The van der Waals surface area contributed by atoms with Crippen LogP contribution in [0.2, 0.25) is 0 Å². The molecule has 2 heterocycles. The number of hydrogen-bond acceptors (Lipinski definition) is 3. The average Bonchev–Trinajstić information content (AvgIpc) is 3.41. The fourth-order valence-electron chi connectivity index (χ4n) is 5.01. The minimum atomic E-state index is -0.669. The van der Waals surface area contributed by atoms with Crippen LogP contribution < -0.4 is 0 Å². The van der Waals surface area contributed by atoms with E-state index >= 15 is 0 Å². The van der Waals surface area contributed by atoms with E-state index < -0.39 is 11.4 Å². The van der Waals surface area contributed by atoms with Crippen LogP contribution in [-0.4, -0.2) is 35.6 Å². The van der Waals surface area contributed by atoms with Gasteiger partial charge in [-0.3, -0.25) is 4.79 Å². The second-order valence-corrected chi connectivity index (χ2v) is 9.22. The minimum absolute atomic E-state index is 0.221. The van der Waals surface area contributed by atoms with Gasteiger partial charge in [-0.25, -0.2) is 4.39 Å². The van der Waals surface area contributed by atoms with Crippen LogP contribution in [0, 0.1) is 23.1 Å². The van der Waals surface area contributed by atoms with Gasteiger partial charge in [0.2, 0.25) is 0 Å². The first kappa shape index (κ1) is 25.0. The van der Waals surface area contributed by atoms with Gasteiger partial charge in [0.05, 0.1) is 5.41 Å². The van der Waals surface area contributed by atoms with E-state index in [-0.39, 0.29) is 17.7 Å². The Bertz CT molecular complexity index is 969. The Balaban J connectivity index is 0.000000709. The molecule has 5 heteroatoms. The van der Waals surface area contributed by atoms with Gasteiger partial charge in [0.25, 0.3) is 0 Å². The van der Waals surface area contributed by atoms with E-state index in [1.165, 1.54) is 17.7 Å². The zero-order chi connectivity index (χ0) is 24.2. The maximum atomic E-state index is 13.8. The molecule has 0 radical (unpaired) electrons. The summed E-state index contributed by atoms with van der Waals surface area (Å²) in [6.07, 6.45) is 9.42. The van der Waals surface area contributed by atoms with Crippen molar-refractivity contribution in [2.24, 2.45) is 17.3 Å². The van der Waals surface area contributed by atoms with Gasteiger partial charge in [-0.15, -0.1) is 0 Å². The molecule has 0 bridgehead atoms. The number of aliphatic carboxylic acids is 1. The van der Waals surface area contributed by atoms with Crippen LogP contribution in [0.1, 0.15) is 51.7 Å². The van der Waals surface area contributed by atoms with E-state index in [1.807, 2.05) is 52.0 Å². The molecule has 1 saturated heterocycles. The Morgan fingerprint density at radius 1 is 1.24 bits per heavy atom. The normalized spacial score (nSPS) is 27.0. The highest BCUT2D eigenvalue weighted by atomic mass is 19.1. The van der Waals surface area contributed by atoms with E-state index in [4.69, 9.17) is 4.74 Å². The van der Waals surface area contributed by atoms with Crippen molar-refractivity contribution >= 4 is 11.5 Å². The van der Waals surface area contributed by atoms with Crippen molar-refractivity contribution in [3.63, 3.8) is 0 Å². The quantitative estimate of drug-likeness (QED) is 0.550. The lowest BCUT2D eigenvalue weighted by Gasteiger charge is -2.32. The van der Waals surface area contributed by atoms with Crippen LogP contribution in [0.15, 0.2) is 60.4 Å². The average molecular weight is 454 g/mol. The molecule has 0 aromatic heterocycles. The SMILES string of the molecule is C/C=C\C.C=CC1=CC(=C2CCN(CC3(C(=O)O)C(C)C3C)CC2)c2ccc(F)cc2CO1. The summed E-state index contributed by atoms with van der Waals surface area (Å²) in [5, 5.41) is 9.75. The molecule has 2 atom stereocenters. The fraction of sp³-hybridized carbons (Fsp3) is 0.464. The summed E-state index contributed by atoms with van der Waals surface area (Å²) < 4.78 is 19.5. The first-order chi connectivity index (χ1) is 15.8. The number of benzene rings is 1. The van der Waals surface area contributed by atoms with Gasteiger partial charge < -0.3 is 14.7 Å². The molecule has 1 saturated carbocycles. The molecule has 4 rings (SSSR count). The molecule has 2 fully saturated rings. The van der Waals surface area contributed by atoms with Crippen molar-refractivity contribution in [1.29, 1.82) is 0 Å². The minimum Gasteiger partial charge on any atom is -0.489 e. The lowest BCUT2D eigenvalue weighted by molar-refractivity contribution is -0.145. The number of fused-ring (bicyclic) bond motifs is 1. The third kappa shape index (κ3) is 5.14. The molecule has 0 spiro atoms. The Morgan fingerprint density at radius 3 is 2.39 bits per heavy atom. The van der Waals surface area contributed by atoms with Crippen molar-refractivity contribution in [1.82, 2.24) is 4.90 Å². The Morgan fingerprint density at radius 2 is 1.88 bits per heavy atom. The van der Waals surface area contributed by atoms with Crippen molar-refractivity contribution in [3.05, 3.63) is 77.4 Å². The monoisotopic (exact) mass is 453 g/mol. The molecule has 1 aliphatic carbocycles. The highest BCUT2D eigenvalue weighted by molar-refractivity contribution is 5.81. The molecular formula is C28H36FNO3. The Kier molecular flexibility index (Phi) is 7.96. The standard InChI is InChI=1S/C24H28FNO3.C4H8/c1-4-20-12-22(21-6-5-19(25)11-18(21)13-29-20)17-7-9-26(10-8-17)14-24(23(27)28)15(2)16(24)3;1-3-4-2/h4-6,11-12,15-16H,1,7-10,13-14H2,2-3H3,(H,27,28);3-4H,1-2H3/b;4-3-. The summed E-state index contributed by atoms with van der Waals surface area (Å²) in [7, 11) is 0. The second kappa shape index (κ2) is 10.5. The van der Waals surface area contributed by atoms with Gasteiger partial charge in [0, 0.05) is 19.6 Å². The van der Waals surface area contributed by atoms with Crippen molar-refractivity contribution in [2.75, 3.05) is 19.6 Å². The molecule has 2 unspecified atom stereocenters. The summed E-state index contributed by atoms with van der Waals surface area (Å²) in [6.45, 7) is 14.5. The number of rotatable bonds is 4. The number of hydrogen-bond donors (Lipinski definition) is 1.